The van der Waals surface area contributed by atoms with Gasteiger partial charge in [0, 0.05) is 23.1 Å². The number of halogens is 2. The molecule has 2 aromatic carbocycles. The van der Waals surface area contributed by atoms with Gasteiger partial charge in [0.15, 0.2) is 0 Å². The third kappa shape index (κ3) is 2.94. The molecule has 1 aliphatic heterocycles. The molecule has 7 heteroatoms. The van der Waals surface area contributed by atoms with Gasteiger partial charge in [-0.05, 0) is 36.4 Å². The van der Waals surface area contributed by atoms with Crippen LogP contribution in [-0.2, 0) is 0 Å². The normalized spacial score (nSPS) is 13.2. The maximum Gasteiger partial charge on any atom is 0.264 e. The first-order valence-corrected chi connectivity index (χ1v) is 7.97. The third-order valence-electron chi connectivity index (χ3n) is 3.68. The largest absolute Gasteiger partial charge is 0.350 e. The lowest BCUT2D eigenvalue weighted by molar-refractivity contribution is 0.0648. The highest BCUT2D eigenvalue weighted by Crippen LogP contribution is 2.24. The quantitative estimate of drug-likeness (QED) is 0.815. The highest BCUT2D eigenvalue weighted by Gasteiger charge is 2.37. The Bertz CT molecular complexity index is 836. The van der Waals surface area contributed by atoms with E-state index in [0.29, 0.717) is 5.56 Å². The first-order valence-electron chi connectivity index (χ1n) is 7.17. The smallest absolute Gasteiger partial charge is 0.264 e. The molecule has 0 unspecified atom stereocenters. The highest BCUT2D eigenvalue weighted by molar-refractivity contribution is 9.10. The van der Waals surface area contributed by atoms with Gasteiger partial charge < -0.3 is 5.32 Å². The van der Waals surface area contributed by atoms with Crippen molar-refractivity contribution in [3.05, 3.63) is 69.4 Å². The van der Waals surface area contributed by atoms with Crippen LogP contribution in [0.25, 0.3) is 0 Å². The zero-order chi connectivity index (χ0) is 17.3. The molecular formula is C17H12BrFN2O3. The molecule has 3 amide bonds. The van der Waals surface area contributed by atoms with Crippen molar-refractivity contribution in [2.75, 3.05) is 13.1 Å². The van der Waals surface area contributed by atoms with Crippen molar-refractivity contribution in [2.45, 2.75) is 0 Å². The minimum Gasteiger partial charge on any atom is -0.350 e. The van der Waals surface area contributed by atoms with Crippen LogP contribution in [0.3, 0.4) is 0 Å². The standard InChI is InChI=1S/C17H12BrFN2O3/c18-11-6-4-10(5-7-11)15(22)20-8-9-21-16(23)12-2-1-3-13(19)14(12)17(21)24/h1-7H,8-9H2,(H,20,22). The lowest BCUT2D eigenvalue weighted by atomic mass is 10.1. The van der Waals surface area contributed by atoms with Crippen LogP contribution >= 0.6 is 15.9 Å². The van der Waals surface area contributed by atoms with Crippen molar-refractivity contribution < 1.29 is 18.8 Å². The van der Waals surface area contributed by atoms with E-state index in [0.717, 1.165) is 15.4 Å². The fourth-order valence-electron chi connectivity index (χ4n) is 2.48. The number of carbonyl (C=O) groups is 3. The van der Waals surface area contributed by atoms with Gasteiger partial charge >= 0.3 is 0 Å². The van der Waals surface area contributed by atoms with Crippen molar-refractivity contribution in [2.24, 2.45) is 0 Å². The molecule has 1 N–H and O–H groups in total. The summed E-state index contributed by atoms with van der Waals surface area (Å²) in [6.07, 6.45) is 0. The Hall–Kier alpha value is -2.54. The van der Waals surface area contributed by atoms with E-state index in [1.807, 2.05) is 0 Å². The van der Waals surface area contributed by atoms with E-state index in [1.165, 1.54) is 12.1 Å². The number of amides is 3. The predicted molar refractivity (Wildman–Crippen MR) is 88.2 cm³/mol. The van der Waals surface area contributed by atoms with Crippen molar-refractivity contribution in [1.29, 1.82) is 0 Å². The van der Waals surface area contributed by atoms with Gasteiger partial charge in [0.2, 0.25) is 0 Å². The predicted octanol–water partition coefficient (Wildman–Crippen LogP) is 2.61. The topological polar surface area (TPSA) is 66.5 Å². The number of benzene rings is 2. The fraction of sp³-hybridized carbons (Fsp3) is 0.118. The van der Waals surface area contributed by atoms with Crippen LogP contribution < -0.4 is 5.32 Å². The minimum atomic E-state index is -0.716. The van der Waals surface area contributed by atoms with E-state index in [2.05, 4.69) is 21.2 Å². The van der Waals surface area contributed by atoms with Gasteiger partial charge in [0.25, 0.3) is 17.7 Å². The van der Waals surface area contributed by atoms with E-state index in [4.69, 9.17) is 0 Å². The Labute approximate surface area is 145 Å². The van der Waals surface area contributed by atoms with Gasteiger partial charge in [-0.1, -0.05) is 22.0 Å². The monoisotopic (exact) mass is 390 g/mol. The molecule has 24 heavy (non-hydrogen) atoms. The Kier molecular flexibility index (Phi) is 4.44. The van der Waals surface area contributed by atoms with Crippen LogP contribution in [0.5, 0.6) is 0 Å². The second kappa shape index (κ2) is 6.52. The van der Waals surface area contributed by atoms with Gasteiger partial charge in [0.05, 0.1) is 11.1 Å². The van der Waals surface area contributed by atoms with Gasteiger partial charge in [-0.15, -0.1) is 0 Å². The Morgan fingerprint density at radius 1 is 1.08 bits per heavy atom. The molecule has 0 bridgehead atoms. The minimum absolute atomic E-state index is 0.0198. The highest BCUT2D eigenvalue weighted by atomic mass is 79.9. The summed E-state index contributed by atoms with van der Waals surface area (Å²) in [6.45, 7) is 0.0655. The van der Waals surface area contributed by atoms with Gasteiger partial charge in [-0.2, -0.15) is 0 Å². The number of nitrogens with one attached hydrogen (secondary N) is 1. The summed E-state index contributed by atoms with van der Waals surface area (Å²) in [6, 6.07) is 10.7. The lowest BCUT2D eigenvalue weighted by Gasteiger charge is -2.14. The van der Waals surface area contributed by atoms with Crippen LogP contribution in [0.4, 0.5) is 4.39 Å². The maximum atomic E-state index is 13.7. The van der Waals surface area contributed by atoms with Crippen molar-refractivity contribution >= 4 is 33.7 Å². The van der Waals surface area contributed by atoms with Gasteiger partial charge in [-0.3, -0.25) is 19.3 Å². The molecule has 0 aliphatic carbocycles. The average Bonchev–Trinajstić information content (AvgIpc) is 2.81. The summed E-state index contributed by atoms with van der Waals surface area (Å²) in [5.41, 5.74) is 0.313. The molecular weight excluding hydrogens is 379 g/mol. The zero-order valence-electron chi connectivity index (χ0n) is 12.4. The molecule has 0 spiro atoms. The van der Waals surface area contributed by atoms with Crippen LogP contribution in [0.1, 0.15) is 31.1 Å². The van der Waals surface area contributed by atoms with E-state index in [-0.39, 0.29) is 30.1 Å². The van der Waals surface area contributed by atoms with Crippen molar-refractivity contribution in [1.82, 2.24) is 10.2 Å². The van der Waals surface area contributed by atoms with Crippen LogP contribution in [0, 0.1) is 5.82 Å². The molecule has 1 heterocycles. The fourth-order valence-corrected chi connectivity index (χ4v) is 2.74. The molecule has 0 saturated heterocycles. The molecule has 0 fully saturated rings. The molecule has 0 atom stereocenters. The van der Waals surface area contributed by atoms with Gasteiger partial charge in [0.1, 0.15) is 5.82 Å². The lowest BCUT2D eigenvalue weighted by Crippen LogP contribution is -2.38. The van der Waals surface area contributed by atoms with Crippen LogP contribution in [-0.4, -0.2) is 35.7 Å². The maximum absolute atomic E-state index is 13.7. The number of imide groups is 1. The van der Waals surface area contributed by atoms with E-state index in [1.54, 1.807) is 24.3 Å². The first-order chi connectivity index (χ1) is 11.5. The first kappa shape index (κ1) is 16.3. The number of fused-ring (bicyclic) bond motifs is 1. The second-order valence-electron chi connectivity index (χ2n) is 5.19. The third-order valence-corrected chi connectivity index (χ3v) is 4.20. The summed E-state index contributed by atoms with van der Waals surface area (Å²) in [5, 5.41) is 2.63. The number of rotatable bonds is 4. The number of carbonyl (C=O) groups excluding carboxylic acids is 3. The molecule has 3 rings (SSSR count). The van der Waals surface area contributed by atoms with Crippen molar-refractivity contribution in [3.8, 4) is 0 Å². The van der Waals surface area contributed by atoms with Crippen LogP contribution in [0.2, 0.25) is 0 Å². The summed E-state index contributed by atoms with van der Waals surface area (Å²) in [7, 11) is 0. The van der Waals surface area contributed by atoms with Crippen LogP contribution in [0.15, 0.2) is 46.9 Å². The SMILES string of the molecule is O=C(NCCN1C(=O)c2cccc(F)c2C1=O)c1ccc(Br)cc1. The summed E-state index contributed by atoms with van der Waals surface area (Å²) < 4.78 is 14.6. The summed E-state index contributed by atoms with van der Waals surface area (Å²) >= 11 is 3.28. The number of nitrogens with zero attached hydrogens (tertiary/aromatic N) is 1. The Morgan fingerprint density at radius 3 is 2.46 bits per heavy atom. The molecule has 5 nitrogen and oxygen atoms in total. The number of hydrogen-bond acceptors (Lipinski definition) is 3. The van der Waals surface area contributed by atoms with E-state index in [9.17, 15) is 18.8 Å². The average molecular weight is 391 g/mol. The Balaban J connectivity index is 1.63. The summed E-state index contributed by atoms with van der Waals surface area (Å²) in [5.74, 6) is -2.25. The molecule has 0 aromatic heterocycles. The molecule has 1 aliphatic rings. The zero-order valence-corrected chi connectivity index (χ0v) is 14.0. The van der Waals surface area contributed by atoms with Gasteiger partial charge in [-0.25, -0.2) is 4.39 Å². The van der Waals surface area contributed by atoms with Crippen molar-refractivity contribution in [3.63, 3.8) is 0 Å². The molecule has 122 valence electrons. The Morgan fingerprint density at radius 2 is 1.79 bits per heavy atom. The van der Waals surface area contributed by atoms with E-state index < -0.39 is 17.6 Å². The summed E-state index contributed by atoms with van der Waals surface area (Å²) in [4.78, 5) is 37.3. The molecule has 0 radical (unpaired) electrons. The molecule has 0 saturated carbocycles. The van der Waals surface area contributed by atoms with E-state index >= 15 is 0 Å². The molecule has 2 aromatic rings. The number of hydrogen-bond donors (Lipinski definition) is 1. The second-order valence-corrected chi connectivity index (χ2v) is 6.10.